The third-order valence-electron chi connectivity index (χ3n) is 4.76. The molecule has 0 fully saturated rings. The van der Waals surface area contributed by atoms with Crippen LogP contribution in [-0.2, 0) is 6.54 Å². The Balaban J connectivity index is 2.08. The standard InChI is InChI=1S/C23H31N3O2/c1-6-16-25(5)21-14-12-20(13-15-21)23(28)26(7-2)17-18-8-10-19(11-9-18)22(27)24(3)4/h8-15H,6-7,16-17H2,1-5H3. The summed E-state index contributed by atoms with van der Waals surface area (Å²) in [5.41, 5.74) is 3.46. The van der Waals surface area contributed by atoms with Crippen molar-refractivity contribution >= 4 is 17.5 Å². The smallest absolute Gasteiger partial charge is 0.254 e. The van der Waals surface area contributed by atoms with Gasteiger partial charge in [-0.2, -0.15) is 0 Å². The van der Waals surface area contributed by atoms with Gasteiger partial charge in [-0.25, -0.2) is 0 Å². The predicted octanol–water partition coefficient (Wildman–Crippen LogP) is 3.90. The topological polar surface area (TPSA) is 43.9 Å². The fourth-order valence-corrected chi connectivity index (χ4v) is 3.06. The first-order valence-electron chi connectivity index (χ1n) is 9.78. The molecule has 2 aromatic rings. The van der Waals surface area contributed by atoms with Crippen LogP contribution < -0.4 is 4.90 Å². The summed E-state index contributed by atoms with van der Waals surface area (Å²) in [6.45, 7) is 6.25. The molecule has 5 nitrogen and oxygen atoms in total. The maximum Gasteiger partial charge on any atom is 0.254 e. The fourth-order valence-electron chi connectivity index (χ4n) is 3.06. The van der Waals surface area contributed by atoms with Crippen molar-refractivity contribution in [2.24, 2.45) is 0 Å². The number of hydrogen-bond donors (Lipinski definition) is 0. The SMILES string of the molecule is CCCN(C)c1ccc(C(=O)N(CC)Cc2ccc(C(=O)N(C)C)cc2)cc1. The van der Waals surface area contributed by atoms with Crippen LogP contribution in [0.15, 0.2) is 48.5 Å². The zero-order valence-corrected chi connectivity index (χ0v) is 17.6. The molecule has 0 saturated heterocycles. The van der Waals surface area contributed by atoms with E-state index < -0.39 is 0 Å². The summed E-state index contributed by atoms with van der Waals surface area (Å²) in [6, 6.07) is 15.2. The molecule has 0 heterocycles. The molecule has 0 aliphatic rings. The van der Waals surface area contributed by atoms with Gasteiger partial charge in [-0.3, -0.25) is 9.59 Å². The second-order valence-electron chi connectivity index (χ2n) is 7.18. The Morgan fingerprint density at radius 1 is 0.786 bits per heavy atom. The molecule has 0 saturated carbocycles. The van der Waals surface area contributed by atoms with Gasteiger partial charge in [0.1, 0.15) is 0 Å². The molecule has 2 rings (SSSR count). The molecule has 0 radical (unpaired) electrons. The van der Waals surface area contributed by atoms with Gasteiger partial charge in [0, 0.05) is 57.6 Å². The summed E-state index contributed by atoms with van der Waals surface area (Å²) < 4.78 is 0. The van der Waals surface area contributed by atoms with Crippen molar-refractivity contribution in [3.63, 3.8) is 0 Å². The Morgan fingerprint density at radius 2 is 1.32 bits per heavy atom. The van der Waals surface area contributed by atoms with Gasteiger partial charge in [0.15, 0.2) is 0 Å². The highest BCUT2D eigenvalue weighted by molar-refractivity contribution is 5.95. The molecule has 0 atom stereocenters. The molecule has 0 aliphatic heterocycles. The van der Waals surface area contributed by atoms with Crippen LogP contribution in [0.4, 0.5) is 5.69 Å². The Labute approximate surface area is 168 Å². The molecule has 0 N–H and O–H groups in total. The second kappa shape index (κ2) is 9.93. The summed E-state index contributed by atoms with van der Waals surface area (Å²) in [7, 11) is 5.53. The van der Waals surface area contributed by atoms with Gasteiger partial charge in [-0.05, 0) is 55.3 Å². The highest BCUT2D eigenvalue weighted by Gasteiger charge is 2.15. The van der Waals surface area contributed by atoms with E-state index in [4.69, 9.17) is 0 Å². The van der Waals surface area contributed by atoms with Crippen molar-refractivity contribution in [3.05, 3.63) is 65.2 Å². The highest BCUT2D eigenvalue weighted by atomic mass is 16.2. The number of anilines is 1. The minimum atomic E-state index is -0.0249. The van der Waals surface area contributed by atoms with Crippen LogP contribution in [-0.4, -0.2) is 55.8 Å². The van der Waals surface area contributed by atoms with E-state index in [2.05, 4.69) is 18.9 Å². The molecular weight excluding hydrogens is 350 g/mol. The van der Waals surface area contributed by atoms with Gasteiger partial charge in [-0.1, -0.05) is 19.1 Å². The first-order valence-corrected chi connectivity index (χ1v) is 9.78. The summed E-state index contributed by atoms with van der Waals surface area (Å²) in [6.07, 6.45) is 1.08. The van der Waals surface area contributed by atoms with Crippen LogP contribution in [0, 0.1) is 0 Å². The first-order chi connectivity index (χ1) is 13.4. The summed E-state index contributed by atoms with van der Waals surface area (Å²) in [5, 5.41) is 0. The maximum atomic E-state index is 12.9. The number of rotatable bonds is 8. The molecule has 0 aliphatic carbocycles. The van der Waals surface area contributed by atoms with E-state index in [9.17, 15) is 9.59 Å². The van der Waals surface area contributed by atoms with Crippen molar-refractivity contribution in [2.75, 3.05) is 39.1 Å². The van der Waals surface area contributed by atoms with E-state index in [0.717, 1.165) is 24.2 Å². The third kappa shape index (κ3) is 5.35. The zero-order valence-electron chi connectivity index (χ0n) is 17.6. The third-order valence-corrected chi connectivity index (χ3v) is 4.76. The van der Waals surface area contributed by atoms with E-state index in [-0.39, 0.29) is 11.8 Å². The van der Waals surface area contributed by atoms with Gasteiger partial charge in [0.05, 0.1) is 0 Å². The zero-order chi connectivity index (χ0) is 20.7. The van der Waals surface area contributed by atoms with Crippen molar-refractivity contribution in [3.8, 4) is 0 Å². The van der Waals surface area contributed by atoms with Gasteiger partial charge < -0.3 is 14.7 Å². The first kappa shape index (κ1) is 21.5. The van der Waals surface area contributed by atoms with Crippen LogP contribution in [0.1, 0.15) is 46.5 Å². The monoisotopic (exact) mass is 381 g/mol. The molecule has 150 valence electrons. The van der Waals surface area contributed by atoms with Crippen LogP contribution >= 0.6 is 0 Å². The van der Waals surface area contributed by atoms with Crippen molar-refractivity contribution < 1.29 is 9.59 Å². The Kier molecular flexibility index (Phi) is 7.61. The fraction of sp³-hybridized carbons (Fsp3) is 0.391. The van der Waals surface area contributed by atoms with E-state index in [1.165, 1.54) is 0 Å². The molecule has 28 heavy (non-hydrogen) atoms. The minimum Gasteiger partial charge on any atom is -0.375 e. The van der Waals surface area contributed by atoms with Crippen LogP contribution in [0.25, 0.3) is 0 Å². The normalized spacial score (nSPS) is 10.5. The van der Waals surface area contributed by atoms with E-state index in [1.807, 2.05) is 60.4 Å². The second-order valence-corrected chi connectivity index (χ2v) is 7.18. The van der Waals surface area contributed by atoms with Gasteiger partial charge in [-0.15, -0.1) is 0 Å². The van der Waals surface area contributed by atoms with E-state index in [0.29, 0.717) is 24.2 Å². The molecular formula is C23H31N3O2. The van der Waals surface area contributed by atoms with Gasteiger partial charge in [0.2, 0.25) is 0 Å². The van der Waals surface area contributed by atoms with Crippen molar-refractivity contribution in [1.29, 1.82) is 0 Å². The van der Waals surface area contributed by atoms with Crippen molar-refractivity contribution in [1.82, 2.24) is 9.80 Å². The minimum absolute atomic E-state index is 0.0145. The number of nitrogens with zero attached hydrogens (tertiary/aromatic N) is 3. The molecule has 0 aromatic heterocycles. The summed E-state index contributed by atoms with van der Waals surface area (Å²) >= 11 is 0. The lowest BCUT2D eigenvalue weighted by Crippen LogP contribution is -2.30. The van der Waals surface area contributed by atoms with E-state index in [1.54, 1.807) is 19.0 Å². The van der Waals surface area contributed by atoms with Crippen LogP contribution in [0.5, 0.6) is 0 Å². The van der Waals surface area contributed by atoms with Crippen LogP contribution in [0.3, 0.4) is 0 Å². The predicted molar refractivity (Wildman–Crippen MR) is 115 cm³/mol. The Morgan fingerprint density at radius 3 is 1.82 bits per heavy atom. The number of carbonyl (C=O) groups is 2. The molecule has 5 heteroatoms. The lowest BCUT2D eigenvalue weighted by Gasteiger charge is -2.22. The van der Waals surface area contributed by atoms with Crippen LogP contribution in [0.2, 0.25) is 0 Å². The molecule has 0 spiro atoms. The number of amides is 2. The highest BCUT2D eigenvalue weighted by Crippen LogP contribution is 2.17. The molecule has 0 unspecified atom stereocenters. The molecule has 2 aromatic carbocycles. The number of carbonyl (C=O) groups excluding carboxylic acids is 2. The maximum absolute atomic E-state index is 12.9. The summed E-state index contributed by atoms with van der Waals surface area (Å²) in [4.78, 5) is 30.5. The molecule has 0 bridgehead atoms. The van der Waals surface area contributed by atoms with E-state index >= 15 is 0 Å². The van der Waals surface area contributed by atoms with Crippen molar-refractivity contribution in [2.45, 2.75) is 26.8 Å². The lowest BCUT2D eigenvalue weighted by atomic mass is 10.1. The average molecular weight is 382 g/mol. The molecule has 2 amide bonds. The Bertz CT molecular complexity index is 782. The van der Waals surface area contributed by atoms with Gasteiger partial charge >= 0.3 is 0 Å². The average Bonchev–Trinajstić information content (AvgIpc) is 2.71. The van der Waals surface area contributed by atoms with Gasteiger partial charge in [0.25, 0.3) is 11.8 Å². The quantitative estimate of drug-likeness (QED) is 0.697. The summed E-state index contributed by atoms with van der Waals surface area (Å²) in [5.74, 6) is -0.0104. The lowest BCUT2D eigenvalue weighted by molar-refractivity contribution is 0.0751. The Hall–Kier alpha value is -2.82. The number of hydrogen-bond acceptors (Lipinski definition) is 3. The number of benzene rings is 2. The largest absolute Gasteiger partial charge is 0.375 e.